The summed E-state index contributed by atoms with van der Waals surface area (Å²) in [7, 11) is 0. The minimum Gasteiger partial charge on any atom is -0.444 e. The molecule has 1 heterocycles. The smallest absolute Gasteiger partial charge is 0.417 e. The molecule has 1 saturated heterocycles. The molecule has 2 atom stereocenters. The highest BCUT2D eigenvalue weighted by Gasteiger charge is 2.41. The van der Waals surface area contributed by atoms with Crippen molar-refractivity contribution in [1.29, 1.82) is 0 Å². The van der Waals surface area contributed by atoms with E-state index in [0.717, 1.165) is 16.7 Å². The number of rotatable bonds is 5. The van der Waals surface area contributed by atoms with Crippen LogP contribution in [0.4, 0.5) is 4.79 Å². The first kappa shape index (κ1) is 19.9. The average molecular weight is 399 g/mol. The first-order valence-electron chi connectivity index (χ1n) is 10.3. The van der Waals surface area contributed by atoms with E-state index in [0.29, 0.717) is 12.8 Å². The molecule has 0 N–H and O–H groups in total. The maximum atomic E-state index is 12.7. The second-order valence-electron chi connectivity index (χ2n) is 7.81. The molecule has 0 radical (unpaired) electrons. The average Bonchev–Trinajstić information content (AvgIpc) is 3.07. The summed E-state index contributed by atoms with van der Waals surface area (Å²) in [5, 5.41) is 0. The first-order valence-corrected chi connectivity index (χ1v) is 10.3. The van der Waals surface area contributed by atoms with Gasteiger partial charge in [-0.05, 0) is 35.1 Å². The van der Waals surface area contributed by atoms with E-state index in [1.165, 1.54) is 10.5 Å². The molecule has 0 spiro atoms. The van der Waals surface area contributed by atoms with Crippen LogP contribution in [0.15, 0.2) is 84.9 Å². The molecule has 2 amide bonds. The van der Waals surface area contributed by atoms with Crippen LogP contribution in [0.2, 0.25) is 0 Å². The fraction of sp³-hybridized carbons (Fsp3) is 0.231. The van der Waals surface area contributed by atoms with Crippen LogP contribution >= 0.6 is 0 Å². The minimum atomic E-state index is -0.556. The number of amides is 2. The fourth-order valence-electron chi connectivity index (χ4n) is 3.97. The summed E-state index contributed by atoms with van der Waals surface area (Å²) in [6.07, 6.45) is 0.727. The summed E-state index contributed by atoms with van der Waals surface area (Å²) < 4.78 is 5.44. The number of ether oxygens (including phenoxy) is 1. The van der Waals surface area contributed by atoms with Crippen molar-refractivity contribution in [1.82, 2.24) is 4.90 Å². The molecule has 4 nitrogen and oxygen atoms in total. The zero-order chi connectivity index (χ0) is 20.9. The van der Waals surface area contributed by atoms with Crippen LogP contribution in [0, 0.1) is 5.92 Å². The van der Waals surface area contributed by atoms with Crippen molar-refractivity contribution in [2.45, 2.75) is 32.4 Å². The number of likely N-dealkylation sites (tertiary alicyclic amines) is 1. The van der Waals surface area contributed by atoms with Gasteiger partial charge in [0.1, 0.15) is 6.61 Å². The molecule has 1 aliphatic rings. The predicted molar refractivity (Wildman–Crippen MR) is 117 cm³/mol. The third kappa shape index (κ3) is 4.43. The Bertz CT molecular complexity index is 999. The van der Waals surface area contributed by atoms with Gasteiger partial charge in [0.05, 0.1) is 0 Å². The lowest BCUT2D eigenvalue weighted by Crippen LogP contribution is -2.40. The van der Waals surface area contributed by atoms with Crippen molar-refractivity contribution in [3.05, 3.63) is 96.1 Å². The van der Waals surface area contributed by atoms with Gasteiger partial charge in [-0.2, -0.15) is 0 Å². The molecule has 0 aromatic heterocycles. The highest BCUT2D eigenvalue weighted by Crippen LogP contribution is 2.29. The maximum Gasteiger partial charge on any atom is 0.417 e. The maximum absolute atomic E-state index is 12.7. The molecule has 0 aliphatic carbocycles. The second kappa shape index (κ2) is 8.95. The van der Waals surface area contributed by atoms with E-state index in [9.17, 15) is 9.59 Å². The molecule has 0 bridgehead atoms. The summed E-state index contributed by atoms with van der Waals surface area (Å²) in [6.45, 7) is 2.04. The fourth-order valence-corrected chi connectivity index (χ4v) is 3.97. The standard InChI is InChI=1S/C26H25NO3/c1-19-16-24(17-20-12-14-23(15-13-20)22-10-6-3-7-11-22)27(25(19)28)26(29)30-18-21-8-4-2-5-9-21/h2-15,19,24H,16-18H2,1H3/t19-,24-/m0/s1. The van der Waals surface area contributed by atoms with Gasteiger partial charge in [-0.25, -0.2) is 9.69 Å². The summed E-state index contributed by atoms with van der Waals surface area (Å²) in [5.41, 5.74) is 4.32. The minimum absolute atomic E-state index is 0.154. The van der Waals surface area contributed by atoms with Gasteiger partial charge < -0.3 is 4.74 Å². The van der Waals surface area contributed by atoms with Gasteiger partial charge in [-0.15, -0.1) is 0 Å². The van der Waals surface area contributed by atoms with E-state index in [-0.39, 0.29) is 24.5 Å². The molecule has 0 saturated carbocycles. The van der Waals surface area contributed by atoms with Crippen molar-refractivity contribution in [2.75, 3.05) is 0 Å². The van der Waals surface area contributed by atoms with Crippen LogP contribution < -0.4 is 0 Å². The Morgan fingerprint density at radius 3 is 2.13 bits per heavy atom. The summed E-state index contributed by atoms with van der Waals surface area (Å²) in [5.74, 6) is -0.332. The van der Waals surface area contributed by atoms with Gasteiger partial charge in [-0.1, -0.05) is 91.9 Å². The lowest BCUT2D eigenvalue weighted by Gasteiger charge is -2.22. The van der Waals surface area contributed by atoms with Gasteiger partial charge in [0, 0.05) is 12.0 Å². The van der Waals surface area contributed by atoms with E-state index in [1.807, 2.05) is 55.5 Å². The third-order valence-corrected chi connectivity index (χ3v) is 5.58. The van der Waals surface area contributed by atoms with E-state index < -0.39 is 6.09 Å². The Labute approximate surface area is 177 Å². The Balaban J connectivity index is 1.44. The lowest BCUT2D eigenvalue weighted by molar-refractivity contribution is -0.130. The van der Waals surface area contributed by atoms with E-state index in [2.05, 4.69) is 36.4 Å². The molecule has 1 aliphatic heterocycles. The van der Waals surface area contributed by atoms with Gasteiger partial charge in [0.2, 0.25) is 5.91 Å². The first-order chi connectivity index (χ1) is 14.6. The van der Waals surface area contributed by atoms with Crippen molar-refractivity contribution < 1.29 is 14.3 Å². The van der Waals surface area contributed by atoms with Crippen LogP contribution in [-0.4, -0.2) is 22.9 Å². The molecular weight excluding hydrogens is 374 g/mol. The topological polar surface area (TPSA) is 46.6 Å². The highest BCUT2D eigenvalue weighted by atomic mass is 16.6. The van der Waals surface area contributed by atoms with Crippen molar-refractivity contribution >= 4 is 12.0 Å². The Morgan fingerprint density at radius 2 is 1.47 bits per heavy atom. The Kier molecular flexibility index (Phi) is 5.94. The van der Waals surface area contributed by atoms with E-state index >= 15 is 0 Å². The van der Waals surface area contributed by atoms with Crippen molar-refractivity contribution in [3.63, 3.8) is 0 Å². The van der Waals surface area contributed by atoms with Gasteiger partial charge in [0.25, 0.3) is 0 Å². The van der Waals surface area contributed by atoms with Crippen LogP contribution in [0.1, 0.15) is 24.5 Å². The predicted octanol–water partition coefficient (Wildman–Crippen LogP) is 5.47. The number of nitrogens with zero attached hydrogens (tertiary/aromatic N) is 1. The number of hydrogen-bond acceptors (Lipinski definition) is 3. The van der Waals surface area contributed by atoms with Gasteiger partial charge in [-0.3, -0.25) is 4.79 Å². The second-order valence-corrected chi connectivity index (χ2v) is 7.81. The van der Waals surface area contributed by atoms with Crippen LogP contribution in [-0.2, 0) is 22.6 Å². The molecule has 152 valence electrons. The molecule has 4 heteroatoms. The number of hydrogen-bond donors (Lipinski definition) is 0. The Morgan fingerprint density at radius 1 is 0.867 bits per heavy atom. The zero-order valence-electron chi connectivity index (χ0n) is 17.0. The number of benzene rings is 3. The lowest BCUT2D eigenvalue weighted by atomic mass is 9.98. The Hall–Kier alpha value is -3.40. The summed E-state index contributed by atoms with van der Waals surface area (Å²) in [6, 6.07) is 27.8. The van der Waals surface area contributed by atoms with E-state index in [4.69, 9.17) is 4.74 Å². The van der Waals surface area contributed by atoms with Crippen LogP contribution in [0.25, 0.3) is 11.1 Å². The molecule has 30 heavy (non-hydrogen) atoms. The number of carbonyl (C=O) groups excluding carboxylic acids is 2. The molecule has 3 aromatic carbocycles. The third-order valence-electron chi connectivity index (χ3n) is 5.58. The summed E-state index contributed by atoms with van der Waals surface area (Å²) >= 11 is 0. The number of imide groups is 1. The van der Waals surface area contributed by atoms with Crippen LogP contribution in [0.5, 0.6) is 0 Å². The molecule has 1 fully saturated rings. The number of carbonyl (C=O) groups is 2. The monoisotopic (exact) mass is 399 g/mol. The molecular formula is C26H25NO3. The molecule has 3 aromatic rings. The van der Waals surface area contributed by atoms with Crippen molar-refractivity contribution in [3.8, 4) is 11.1 Å². The zero-order valence-corrected chi connectivity index (χ0v) is 17.0. The molecule has 0 unspecified atom stereocenters. The van der Waals surface area contributed by atoms with Crippen LogP contribution in [0.3, 0.4) is 0 Å². The normalized spacial score (nSPS) is 18.4. The van der Waals surface area contributed by atoms with E-state index in [1.54, 1.807) is 0 Å². The highest BCUT2D eigenvalue weighted by molar-refractivity contribution is 5.95. The largest absolute Gasteiger partial charge is 0.444 e. The SMILES string of the molecule is C[C@H]1C[C@@H](Cc2ccc(-c3ccccc3)cc2)N(C(=O)OCc2ccccc2)C1=O. The molecule has 4 rings (SSSR count). The summed E-state index contributed by atoms with van der Waals surface area (Å²) in [4.78, 5) is 26.6. The van der Waals surface area contributed by atoms with Gasteiger partial charge >= 0.3 is 6.09 Å². The van der Waals surface area contributed by atoms with Crippen molar-refractivity contribution in [2.24, 2.45) is 5.92 Å². The van der Waals surface area contributed by atoms with Gasteiger partial charge in [0.15, 0.2) is 0 Å². The quantitative estimate of drug-likeness (QED) is 0.571.